The van der Waals surface area contributed by atoms with Crippen LogP contribution in [-0.2, 0) is 14.8 Å². The average molecular weight is 410 g/mol. The second-order valence-electron chi connectivity index (χ2n) is 7.57. The Labute approximate surface area is 168 Å². The molecule has 8 heteroatoms. The van der Waals surface area contributed by atoms with Crippen molar-refractivity contribution < 1.29 is 17.9 Å². The fourth-order valence-corrected chi connectivity index (χ4v) is 5.46. The van der Waals surface area contributed by atoms with Crippen molar-refractivity contribution in [2.45, 2.75) is 37.0 Å². The molecule has 1 aromatic carbocycles. The first-order chi connectivity index (χ1) is 13.5. The smallest absolute Gasteiger partial charge is 0.243 e. The standard InChI is InChI=1S/C20H31N3O4S/c1-27-18-7-9-19(10-8-18)28(25,26)23-15-4-6-17(16-23)20(24)21-11-5-14-22-12-2-3-13-22/h7-10,17H,2-6,11-16H2,1H3,(H,21,24)/t17-/m1/s1. The highest BCUT2D eigenvalue weighted by Crippen LogP contribution is 2.25. The first-order valence-electron chi connectivity index (χ1n) is 10.1. The van der Waals surface area contributed by atoms with E-state index in [1.165, 1.54) is 17.1 Å². The van der Waals surface area contributed by atoms with Crippen LogP contribution in [0.15, 0.2) is 29.2 Å². The number of amides is 1. The largest absolute Gasteiger partial charge is 0.497 e. The second-order valence-corrected chi connectivity index (χ2v) is 9.51. The zero-order valence-corrected chi connectivity index (χ0v) is 17.4. The fourth-order valence-electron chi connectivity index (χ4n) is 3.94. The van der Waals surface area contributed by atoms with Gasteiger partial charge in [0.05, 0.1) is 17.9 Å². The third-order valence-corrected chi connectivity index (χ3v) is 7.48. The molecule has 2 heterocycles. The van der Waals surface area contributed by atoms with Crippen LogP contribution >= 0.6 is 0 Å². The number of nitrogens with one attached hydrogen (secondary N) is 1. The van der Waals surface area contributed by atoms with Gasteiger partial charge in [-0.25, -0.2) is 8.42 Å². The molecule has 7 nitrogen and oxygen atoms in total. The predicted octanol–water partition coefficient (Wildman–Crippen LogP) is 1.70. The van der Waals surface area contributed by atoms with Crippen LogP contribution in [0.4, 0.5) is 0 Å². The van der Waals surface area contributed by atoms with Crippen molar-refractivity contribution in [3.05, 3.63) is 24.3 Å². The van der Waals surface area contributed by atoms with E-state index in [1.807, 2.05) is 0 Å². The van der Waals surface area contributed by atoms with Crippen LogP contribution in [0.1, 0.15) is 32.1 Å². The van der Waals surface area contributed by atoms with Gasteiger partial charge in [-0.2, -0.15) is 4.31 Å². The molecule has 2 fully saturated rings. The van der Waals surface area contributed by atoms with Crippen molar-refractivity contribution in [3.63, 3.8) is 0 Å². The van der Waals surface area contributed by atoms with E-state index in [1.54, 1.807) is 31.4 Å². The Hall–Kier alpha value is -1.64. The van der Waals surface area contributed by atoms with Gasteiger partial charge in [0, 0.05) is 19.6 Å². The Balaban J connectivity index is 1.51. The van der Waals surface area contributed by atoms with Crippen LogP contribution in [0.3, 0.4) is 0 Å². The number of likely N-dealkylation sites (tertiary alicyclic amines) is 1. The second kappa shape index (κ2) is 9.71. The van der Waals surface area contributed by atoms with Gasteiger partial charge in [-0.3, -0.25) is 4.79 Å². The lowest BCUT2D eigenvalue weighted by Crippen LogP contribution is -2.45. The minimum absolute atomic E-state index is 0.0314. The maximum Gasteiger partial charge on any atom is 0.243 e. The van der Waals surface area contributed by atoms with Crippen LogP contribution < -0.4 is 10.1 Å². The van der Waals surface area contributed by atoms with Crippen LogP contribution in [-0.4, -0.2) is 69.9 Å². The third-order valence-electron chi connectivity index (χ3n) is 5.60. The van der Waals surface area contributed by atoms with Crippen molar-refractivity contribution in [3.8, 4) is 5.75 Å². The zero-order valence-electron chi connectivity index (χ0n) is 16.6. The number of carbonyl (C=O) groups is 1. The first-order valence-corrected chi connectivity index (χ1v) is 11.6. The summed E-state index contributed by atoms with van der Waals surface area (Å²) in [5, 5.41) is 3.00. The van der Waals surface area contributed by atoms with E-state index in [-0.39, 0.29) is 23.3 Å². The van der Waals surface area contributed by atoms with E-state index < -0.39 is 10.0 Å². The molecule has 2 aliphatic rings. The molecule has 28 heavy (non-hydrogen) atoms. The number of hydrogen-bond acceptors (Lipinski definition) is 5. The van der Waals surface area contributed by atoms with E-state index in [4.69, 9.17) is 4.74 Å². The molecule has 2 saturated heterocycles. The molecule has 0 aromatic heterocycles. The first kappa shape index (κ1) is 21.1. The number of carbonyl (C=O) groups excluding carboxylic acids is 1. The van der Waals surface area contributed by atoms with Gasteiger partial charge in [-0.15, -0.1) is 0 Å². The summed E-state index contributed by atoms with van der Waals surface area (Å²) in [6, 6.07) is 6.38. The Kier molecular flexibility index (Phi) is 7.31. The van der Waals surface area contributed by atoms with Crippen LogP contribution in [0, 0.1) is 5.92 Å². The maximum atomic E-state index is 12.9. The quantitative estimate of drug-likeness (QED) is 0.661. The van der Waals surface area contributed by atoms with Crippen LogP contribution in [0.25, 0.3) is 0 Å². The highest BCUT2D eigenvalue weighted by Gasteiger charge is 2.33. The van der Waals surface area contributed by atoms with Crippen molar-refractivity contribution in [1.29, 1.82) is 0 Å². The fraction of sp³-hybridized carbons (Fsp3) is 0.650. The van der Waals surface area contributed by atoms with Crippen LogP contribution in [0.2, 0.25) is 0 Å². The topological polar surface area (TPSA) is 79.0 Å². The molecule has 0 radical (unpaired) electrons. The lowest BCUT2D eigenvalue weighted by molar-refractivity contribution is -0.126. The summed E-state index contributed by atoms with van der Waals surface area (Å²) < 4.78 is 32.3. The van der Waals surface area contributed by atoms with Gasteiger partial charge in [0.1, 0.15) is 5.75 Å². The molecule has 2 aliphatic heterocycles. The molecule has 3 rings (SSSR count). The molecule has 0 bridgehead atoms. The Bertz CT molecular complexity index is 745. The van der Waals surface area contributed by atoms with E-state index in [9.17, 15) is 13.2 Å². The summed E-state index contributed by atoms with van der Waals surface area (Å²) >= 11 is 0. The minimum atomic E-state index is -3.60. The monoisotopic (exact) mass is 409 g/mol. The number of benzene rings is 1. The highest BCUT2D eigenvalue weighted by molar-refractivity contribution is 7.89. The van der Waals surface area contributed by atoms with E-state index >= 15 is 0 Å². The van der Waals surface area contributed by atoms with Crippen molar-refractivity contribution >= 4 is 15.9 Å². The number of nitrogens with zero attached hydrogens (tertiary/aromatic N) is 2. The predicted molar refractivity (Wildman–Crippen MR) is 108 cm³/mol. The number of sulfonamides is 1. The number of methoxy groups -OCH3 is 1. The molecule has 0 aliphatic carbocycles. The number of rotatable bonds is 8. The normalized spacial score (nSPS) is 21.5. The SMILES string of the molecule is COc1ccc(S(=O)(=O)N2CCC[C@@H](C(=O)NCCCN3CCCC3)C2)cc1. The molecular weight excluding hydrogens is 378 g/mol. The lowest BCUT2D eigenvalue weighted by atomic mass is 9.99. The maximum absolute atomic E-state index is 12.9. The highest BCUT2D eigenvalue weighted by atomic mass is 32.2. The average Bonchev–Trinajstić information content (AvgIpc) is 3.24. The van der Waals surface area contributed by atoms with Gasteiger partial charge >= 0.3 is 0 Å². The van der Waals surface area contributed by atoms with Gasteiger partial charge < -0.3 is 15.0 Å². The molecule has 0 saturated carbocycles. The van der Waals surface area contributed by atoms with Gasteiger partial charge in [0.2, 0.25) is 15.9 Å². The zero-order chi connectivity index (χ0) is 20.0. The summed E-state index contributed by atoms with van der Waals surface area (Å²) in [6.45, 7) is 4.68. The van der Waals surface area contributed by atoms with E-state index in [0.29, 0.717) is 25.3 Å². The molecule has 1 amide bonds. The molecule has 156 valence electrons. The summed E-state index contributed by atoms with van der Waals surface area (Å²) in [5.41, 5.74) is 0. The van der Waals surface area contributed by atoms with Gasteiger partial charge in [-0.1, -0.05) is 0 Å². The summed E-state index contributed by atoms with van der Waals surface area (Å²) in [4.78, 5) is 15.2. The van der Waals surface area contributed by atoms with Crippen LogP contribution in [0.5, 0.6) is 5.75 Å². The van der Waals surface area contributed by atoms with Gasteiger partial charge in [-0.05, 0) is 76.0 Å². The van der Waals surface area contributed by atoms with Crippen molar-refractivity contribution in [2.24, 2.45) is 5.92 Å². The third kappa shape index (κ3) is 5.24. The molecule has 0 unspecified atom stereocenters. The molecular formula is C20H31N3O4S. The van der Waals surface area contributed by atoms with Gasteiger partial charge in [0.15, 0.2) is 0 Å². The van der Waals surface area contributed by atoms with E-state index in [0.717, 1.165) is 32.5 Å². The Morgan fingerprint density at radius 3 is 2.54 bits per heavy atom. The molecule has 1 N–H and O–H groups in total. The van der Waals surface area contributed by atoms with Gasteiger partial charge in [0.25, 0.3) is 0 Å². The number of hydrogen-bond donors (Lipinski definition) is 1. The van der Waals surface area contributed by atoms with Crippen molar-refractivity contribution in [1.82, 2.24) is 14.5 Å². The summed E-state index contributed by atoms with van der Waals surface area (Å²) in [7, 11) is -2.05. The lowest BCUT2D eigenvalue weighted by Gasteiger charge is -2.31. The molecule has 0 spiro atoms. The van der Waals surface area contributed by atoms with E-state index in [2.05, 4.69) is 10.2 Å². The Morgan fingerprint density at radius 1 is 1.14 bits per heavy atom. The van der Waals surface area contributed by atoms with Crippen molar-refractivity contribution in [2.75, 3.05) is 46.4 Å². The Morgan fingerprint density at radius 2 is 1.86 bits per heavy atom. The number of piperidine rings is 1. The molecule has 1 atom stereocenters. The number of ether oxygens (including phenoxy) is 1. The minimum Gasteiger partial charge on any atom is -0.497 e. The molecule has 1 aromatic rings. The summed E-state index contributed by atoms with van der Waals surface area (Å²) in [5.74, 6) is 0.299. The summed E-state index contributed by atoms with van der Waals surface area (Å²) in [6.07, 6.45) is 4.90.